The fraction of sp³-hybridized carbons (Fsp3) is 1.00. The molecule has 1 unspecified atom stereocenters. The van der Waals surface area contributed by atoms with Gasteiger partial charge in [0.1, 0.15) is 0 Å². The molecule has 1 atom stereocenters. The van der Waals surface area contributed by atoms with Crippen LogP contribution in [0.1, 0.15) is 71.1 Å². The van der Waals surface area contributed by atoms with Gasteiger partial charge in [-0.3, -0.25) is 4.90 Å². The standard InChI is InChI=1S/C19H41NO4/c1-2-3-4-5-6-7-8-9-10-11-16-24-18-19(23)17-20(12-14-21)13-15-22/h19,21-23H,2-18H2,1H3. The summed E-state index contributed by atoms with van der Waals surface area (Å²) in [5.41, 5.74) is 0. The summed E-state index contributed by atoms with van der Waals surface area (Å²) in [6, 6.07) is 0. The van der Waals surface area contributed by atoms with Crippen LogP contribution in [0.3, 0.4) is 0 Å². The van der Waals surface area contributed by atoms with E-state index in [0.29, 0.717) is 32.8 Å². The Morgan fingerprint density at radius 1 is 0.792 bits per heavy atom. The van der Waals surface area contributed by atoms with Crippen LogP contribution in [0.2, 0.25) is 0 Å². The number of hydrogen-bond donors (Lipinski definition) is 3. The van der Waals surface area contributed by atoms with E-state index in [9.17, 15) is 5.11 Å². The maximum absolute atomic E-state index is 9.90. The van der Waals surface area contributed by atoms with Gasteiger partial charge in [0.25, 0.3) is 0 Å². The Morgan fingerprint density at radius 3 is 1.79 bits per heavy atom. The topological polar surface area (TPSA) is 73.2 Å². The van der Waals surface area contributed by atoms with Crippen molar-refractivity contribution in [3.05, 3.63) is 0 Å². The lowest BCUT2D eigenvalue weighted by Crippen LogP contribution is -2.38. The van der Waals surface area contributed by atoms with Gasteiger partial charge in [0.05, 0.1) is 25.9 Å². The Kier molecular flexibility index (Phi) is 19.0. The number of aliphatic hydroxyl groups is 3. The molecule has 146 valence electrons. The van der Waals surface area contributed by atoms with Gasteiger partial charge in [0.2, 0.25) is 0 Å². The average molecular weight is 348 g/mol. The van der Waals surface area contributed by atoms with E-state index < -0.39 is 6.10 Å². The van der Waals surface area contributed by atoms with Gasteiger partial charge < -0.3 is 20.1 Å². The minimum Gasteiger partial charge on any atom is -0.395 e. The molecule has 0 bridgehead atoms. The zero-order valence-corrected chi connectivity index (χ0v) is 15.8. The third-order valence-electron chi connectivity index (χ3n) is 4.25. The van der Waals surface area contributed by atoms with Crippen LogP contribution < -0.4 is 0 Å². The first kappa shape index (κ1) is 23.8. The van der Waals surface area contributed by atoms with E-state index in [1.165, 1.54) is 57.8 Å². The summed E-state index contributed by atoms with van der Waals surface area (Å²) in [6.45, 7) is 4.71. The van der Waals surface area contributed by atoms with Crippen molar-refractivity contribution >= 4 is 0 Å². The van der Waals surface area contributed by atoms with Gasteiger partial charge >= 0.3 is 0 Å². The molecular formula is C19H41NO4. The second-order valence-corrected chi connectivity index (χ2v) is 6.66. The summed E-state index contributed by atoms with van der Waals surface area (Å²) in [7, 11) is 0. The quantitative estimate of drug-likeness (QED) is 0.313. The number of ether oxygens (including phenoxy) is 1. The van der Waals surface area contributed by atoms with E-state index in [1.54, 1.807) is 0 Å². The Bertz CT molecular complexity index is 235. The summed E-state index contributed by atoms with van der Waals surface area (Å²) in [5.74, 6) is 0. The summed E-state index contributed by atoms with van der Waals surface area (Å²) < 4.78 is 5.52. The van der Waals surface area contributed by atoms with E-state index in [0.717, 1.165) is 6.42 Å². The average Bonchev–Trinajstić information content (AvgIpc) is 2.56. The van der Waals surface area contributed by atoms with E-state index >= 15 is 0 Å². The number of aliphatic hydroxyl groups excluding tert-OH is 3. The van der Waals surface area contributed by atoms with Crippen LogP contribution in [0.15, 0.2) is 0 Å². The molecule has 0 aromatic carbocycles. The third kappa shape index (κ3) is 16.7. The van der Waals surface area contributed by atoms with Gasteiger partial charge in [-0.25, -0.2) is 0 Å². The molecular weight excluding hydrogens is 306 g/mol. The number of nitrogens with zero attached hydrogens (tertiary/aromatic N) is 1. The molecule has 5 heteroatoms. The van der Waals surface area contributed by atoms with Crippen molar-refractivity contribution < 1.29 is 20.1 Å². The molecule has 3 N–H and O–H groups in total. The molecule has 0 aromatic rings. The minimum atomic E-state index is -0.564. The van der Waals surface area contributed by atoms with Crippen LogP contribution in [-0.4, -0.2) is 72.4 Å². The Morgan fingerprint density at radius 2 is 1.29 bits per heavy atom. The highest BCUT2D eigenvalue weighted by atomic mass is 16.5. The normalized spacial score (nSPS) is 12.9. The van der Waals surface area contributed by atoms with Gasteiger partial charge in [-0.05, 0) is 6.42 Å². The molecule has 24 heavy (non-hydrogen) atoms. The molecule has 0 aromatic heterocycles. The predicted octanol–water partition coefficient (Wildman–Crippen LogP) is 2.57. The smallest absolute Gasteiger partial charge is 0.0900 e. The number of rotatable bonds is 19. The van der Waals surface area contributed by atoms with Crippen molar-refractivity contribution in [2.75, 3.05) is 46.1 Å². The first-order valence-corrected chi connectivity index (χ1v) is 9.94. The van der Waals surface area contributed by atoms with Crippen molar-refractivity contribution in [1.82, 2.24) is 4.90 Å². The van der Waals surface area contributed by atoms with Gasteiger partial charge in [-0.15, -0.1) is 0 Å². The maximum atomic E-state index is 9.90. The first-order valence-electron chi connectivity index (χ1n) is 9.94. The van der Waals surface area contributed by atoms with Crippen molar-refractivity contribution in [3.63, 3.8) is 0 Å². The zero-order chi connectivity index (χ0) is 17.9. The fourth-order valence-corrected chi connectivity index (χ4v) is 2.84. The number of unbranched alkanes of at least 4 members (excludes halogenated alkanes) is 9. The van der Waals surface area contributed by atoms with Crippen LogP contribution in [-0.2, 0) is 4.74 Å². The Balaban J connectivity index is 3.33. The highest BCUT2D eigenvalue weighted by molar-refractivity contribution is 4.64. The molecule has 0 aliphatic carbocycles. The largest absolute Gasteiger partial charge is 0.395 e. The highest BCUT2D eigenvalue weighted by Gasteiger charge is 2.11. The van der Waals surface area contributed by atoms with Crippen LogP contribution >= 0.6 is 0 Å². The SMILES string of the molecule is CCCCCCCCCCCCOCC(O)CN(CCO)CCO. The van der Waals surface area contributed by atoms with Crippen molar-refractivity contribution in [3.8, 4) is 0 Å². The van der Waals surface area contributed by atoms with Crippen molar-refractivity contribution in [2.24, 2.45) is 0 Å². The van der Waals surface area contributed by atoms with Gasteiger partial charge in [-0.1, -0.05) is 64.7 Å². The lowest BCUT2D eigenvalue weighted by atomic mass is 10.1. The van der Waals surface area contributed by atoms with Crippen molar-refractivity contribution in [2.45, 2.75) is 77.2 Å². The van der Waals surface area contributed by atoms with Gasteiger partial charge in [-0.2, -0.15) is 0 Å². The molecule has 0 fully saturated rings. The summed E-state index contributed by atoms with van der Waals surface area (Å²) >= 11 is 0. The van der Waals surface area contributed by atoms with Crippen molar-refractivity contribution in [1.29, 1.82) is 0 Å². The molecule has 5 nitrogen and oxygen atoms in total. The predicted molar refractivity (Wildman–Crippen MR) is 99.3 cm³/mol. The zero-order valence-electron chi connectivity index (χ0n) is 15.8. The lowest BCUT2D eigenvalue weighted by Gasteiger charge is -2.23. The molecule has 0 heterocycles. The molecule has 0 radical (unpaired) electrons. The molecule has 0 saturated heterocycles. The van der Waals surface area contributed by atoms with E-state index in [2.05, 4.69) is 6.92 Å². The van der Waals surface area contributed by atoms with Crippen LogP contribution in [0.4, 0.5) is 0 Å². The first-order chi connectivity index (χ1) is 11.7. The second-order valence-electron chi connectivity index (χ2n) is 6.66. The molecule has 0 rings (SSSR count). The fourth-order valence-electron chi connectivity index (χ4n) is 2.84. The van der Waals surface area contributed by atoms with E-state index in [4.69, 9.17) is 14.9 Å². The Labute approximate surface area is 149 Å². The van der Waals surface area contributed by atoms with E-state index in [-0.39, 0.29) is 13.2 Å². The monoisotopic (exact) mass is 347 g/mol. The van der Waals surface area contributed by atoms with Crippen LogP contribution in [0.5, 0.6) is 0 Å². The summed E-state index contributed by atoms with van der Waals surface area (Å²) in [6.07, 6.45) is 12.5. The van der Waals surface area contributed by atoms with E-state index in [1.807, 2.05) is 4.90 Å². The maximum Gasteiger partial charge on any atom is 0.0900 e. The molecule has 0 aliphatic rings. The second kappa shape index (κ2) is 19.1. The number of hydrogen-bond acceptors (Lipinski definition) is 5. The van der Waals surface area contributed by atoms with Crippen LogP contribution in [0, 0.1) is 0 Å². The minimum absolute atomic E-state index is 0.0339. The summed E-state index contributed by atoms with van der Waals surface area (Å²) in [4.78, 5) is 1.84. The van der Waals surface area contributed by atoms with Gasteiger partial charge in [0, 0.05) is 26.2 Å². The van der Waals surface area contributed by atoms with Crippen LogP contribution in [0.25, 0.3) is 0 Å². The third-order valence-corrected chi connectivity index (χ3v) is 4.25. The lowest BCUT2D eigenvalue weighted by molar-refractivity contribution is 0.0103. The van der Waals surface area contributed by atoms with Gasteiger partial charge in [0.15, 0.2) is 0 Å². The Hall–Kier alpha value is -0.200. The molecule has 0 amide bonds. The highest BCUT2D eigenvalue weighted by Crippen LogP contribution is 2.10. The molecule has 0 spiro atoms. The molecule has 0 aliphatic heterocycles. The summed E-state index contributed by atoms with van der Waals surface area (Å²) in [5, 5.41) is 27.8. The molecule has 0 saturated carbocycles.